The third kappa shape index (κ3) is 5.13. The molecule has 6 nitrogen and oxygen atoms in total. The van der Waals surface area contributed by atoms with Crippen LogP contribution in [0, 0.1) is 11.8 Å². The third-order valence-corrected chi connectivity index (χ3v) is 7.93. The first-order chi connectivity index (χ1) is 13.3. The molecular weight excluding hydrogens is 374 g/mol. The zero-order valence-corrected chi connectivity index (χ0v) is 18.1. The molecule has 0 saturated carbocycles. The van der Waals surface area contributed by atoms with Crippen LogP contribution in [0.5, 0.6) is 0 Å². The van der Waals surface area contributed by atoms with E-state index < -0.39 is 10.0 Å². The van der Waals surface area contributed by atoms with Gasteiger partial charge < -0.3 is 10.2 Å². The second-order valence-electron chi connectivity index (χ2n) is 8.82. The van der Waals surface area contributed by atoms with Crippen LogP contribution in [0.2, 0.25) is 0 Å². The van der Waals surface area contributed by atoms with E-state index in [0.717, 1.165) is 13.0 Å². The van der Waals surface area contributed by atoms with Crippen molar-refractivity contribution in [2.75, 3.05) is 31.5 Å². The van der Waals surface area contributed by atoms with E-state index in [-0.39, 0.29) is 5.91 Å². The normalized spacial score (nSPS) is 29.4. The minimum absolute atomic E-state index is 0.0157. The minimum Gasteiger partial charge on any atom is -0.325 e. The molecule has 2 fully saturated rings. The van der Waals surface area contributed by atoms with Gasteiger partial charge in [-0.1, -0.05) is 13.8 Å². The van der Waals surface area contributed by atoms with Crippen molar-refractivity contribution in [3.8, 4) is 0 Å². The highest BCUT2D eigenvalue weighted by atomic mass is 32.2. The molecule has 7 heteroatoms. The average Bonchev–Trinajstić information content (AvgIpc) is 2.63. The summed E-state index contributed by atoms with van der Waals surface area (Å²) in [5, 5.41) is 2.91. The van der Waals surface area contributed by atoms with Crippen LogP contribution in [-0.2, 0) is 14.8 Å². The molecule has 2 heterocycles. The van der Waals surface area contributed by atoms with Crippen molar-refractivity contribution < 1.29 is 18.1 Å². The van der Waals surface area contributed by atoms with E-state index in [9.17, 15) is 13.2 Å². The summed E-state index contributed by atoms with van der Waals surface area (Å²) in [7, 11) is -3.49. The number of nitrogens with zero attached hydrogens (tertiary/aromatic N) is 1. The number of likely N-dealkylation sites (tertiary alicyclic amines) is 1. The molecule has 1 aromatic carbocycles. The predicted molar refractivity (Wildman–Crippen MR) is 111 cm³/mol. The van der Waals surface area contributed by atoms with Crippen molar-refractivity contribution in [1.29, 1.82) is 0 Å². The van der Waals surface area contributed by atoms with Crippen LogP contribution in [-0.4, -0.2) is 50.9 Å². The topological polar surface area (TPSA) is 70.9 Å². The first-order valence-electron chi connectivity index (χ1n) is 10.5. The summed E-state index contributed by atoms with van der Waals surface area (Å²) >= 11 is 0. The maximum atomic E-state index is 12.9. The Bertz CT molecular complexity index is 769. The molecule has 3 rings (SSSR count). The van der Waals surface area contributed by atoms with Gasteiger partial charge in [-0.25, -0.2) is 8.42 Å². The number of rotatable bonds is 5. The molecule has 2 aliphatic rings. The number of hydrogen-bond donors (Lipinski definition) is 2. The van der Waals surface area contributed by atoms with Crippen LogP contribution in [0.25, 0.3) is 0 Å². The maximum absolute atomic E-state index is 12.9. The van der Waals surface area contributed by atoms with Crippen LogP contribution in [0.1, 0.15) is 46.5 Å². The van der Waals surface area contributed by atoms with Crippen molar-refractivity contribution in [3.63, 3.8) is 0 Å². The fourth-order valence-corrected chi connectivity index (χ4v) is 6.27. The van der Waals surface area contributed by atoms with Crippen molar-refractivity contribution >= 4 is 21.6 Å². The number of sulfonamides is 1. The number of anilines is 1. The third-order valence-electron chi connectivity index (χ3n) is 6.08. The van der Waals surface area contributed by atoms with Gasteiger partial charge in [0.1, 0.15) is 0 Å². The van der Waals surface area contributed by atoms with Crippen LogP contribution in [0.3, 0.4) is 0 Å². The summed E-state index contributed by atoms with van der Waals surface area (Å²) in [6.07, 6.45) is 4.65. The van der Waals surface area contributed by atoms with E-state index in [4.69, 9.17) is 0 Å². The molecule has 0 aromatic heterocycles. The Kier molecular flexibility index (Phi) is 6.78. The minimum atomic E-state index is -3.49. The Labute approximate surface area is 169 Å². The summed E-state index contributed by atoms with van der Waals surface area (Å²) in [5.74, 6) is 0.728. The van der Waals surface area contributed by atoms with E-state index >= 15 is 0 Å². The van der Waals surface area contributed by atoms with Gasteiger partial charge in [0.05, 0.1) is 17.5 Å². The summed E-state index contributed by atoms with van der Waals surface area (Å²) < 4.78 is 27.5. The van der Waals surface area contributed by atoms with Gasteiger partial charge in [0.2, 0.25) is 10.0 Å². The standard InChI is InChI=1S/C21H33N3O3S/c1-16-12-17(2)14-24(13-16)28(26,27)20-9-7-19(8-10-20)22-21(25)15-23-11-5-4-6-18(23)3/h7-10,16-18H,4-6,11-15H2,1-3H3,(H,22,25)/p+1/t16-,17+,18-/m1/s1. The van der Waals surface area contributed by atoms with Crippen molar-refractivity contribution in [2.45, 2.75) is 57.4 Å². The van der Waals surface area contributed by atoms with Gasteiger partial charge in [-0.05, 0) is 68.7 Å². The zero-order valence-electron chi connectivity index (χ0n) is 17.3. The van der Waals surface area contributed by atoms with E-state index in [1.165, 1.54) is 24.2 Å². The Morgan fingerprint density at radius 1 is 1.11 bits per heavy atom. The average molecular weight is 409 g/mol. The van der Waals surface area contributed by atoms with Gasteiger partial charge in [0.15, 0.2) is 6.54 Å². The molecule has 0 aliphatic carbocycles. The molecule has 0 bridgehead atoms. The summed E-state index contributed by atoms with van der Waals surface area (Å²) in [6.45, 7) is 9.04. The molecule has 2 N–H and O–H groups in total. The fraction of sp³-hybridized carbons (Fsp3) is 0.667. The fourth-order valence-electron chi connectivity index (χ4n) is 4.59. The molecule has 0 spiro atoms. The highest BCUT2D eigenvalue weighted by Crippen LogP contribution is 2.27. The van der Waals surface area contributed by atoms with E-state index in [2.05, 4.69) is 26.1 Å². The Balaban J connectivity index is 1.62. The number of piperidine rings is 2. The van der Waals surface area contributed by atoms with Crippen LogP contribution < -0.4 is 10.2 Å². The SMILES string of the molecule is C[C@@H]1C[C@H](C)CN(S(=O)(=O)c2ccc(NC(=O)C[NH+]3CCCC[C@H]3C)cc2)C1. The second-order valence-corrected chi connectivity index (χ2v) is 10.8. The Morgan fingerprint density at radius 2 is 1.75 bits per heavy atom. The van der Waals surface area contributed by atoms with Crippen LogP contribution in [0.4, 0.5) is 5.69 Å². The number of hydrogen-bond acceptors (Lipinski definition) is 3. The number of carbonyl (C=O) groups is 1. The van der Waals surface area contributed by atoms with Gasteiger partial charge in [-0.15, -0.1) is 0 Å². The number of carbonyl (C=O) groups excluding carboxylic acids is 1. The quantitative estimate of drug-likeness (QED) is 0.780. The monoisotopic (exact) mass is 408 g/mol. The van der Waals surface area contributed by atoms with Crippen molar-refractivity contribution in [2.24, 2.45) is 11.8 Å². The molecule has 1 unspecified atom stereocenters. The lowest BCUT2D eigenvalue weighted by Crippen LogP contribution is -3.17. The molecular formula is C21H34N3O3S+. The first kappa shape index (κ1) is 21.3. The number of nitrogens with one attached hydrogen (secondary N) is 2. The van der Waals surface area contributed by atoms with Crippen molar-refractivity contribution in [3.05, 3.63) is 24.3 Å². The van der Waals surface area contributed by atoms with Gasteiger partial charge in [0.25, 0.3) is 5.91 Å². The van der Waals surface area contributed by atoms with Gasteiger partial charge >= 0.3 is 0 Å². The van der Waals surface area contributed by atoms with Crippen molar-refractivity contribution in [1.82, 2.24) is 4.31 Å². The highest BCUT2D eigenvalue weighted by Gasteiger charge is 2.31. The van der Waals surface area contributed by atoms with Crippen LogP contribution in [0.15, 0.2) is 29.2 Å². The summed E-state index contributed by atoms with van der Waals surface area (Å²) in [4.78, 5) is 14.0. The molecule has 2 aliphatic heterocycles. The van der Waals surface area contributed by atoms with E-state index in [1.54, 1.807) is 28.6 Å². The largest absolute Gasteiger partial charge is 0.325 e. The summed E-state index contributed by atoms with van der Waals surface area (Å²) in [5.41, 5.74) is 0.647. The predicted octanol–water partition coefficient (Wildman–Crippen LogP) is 1.75. The molecule has 4 atom stereocenters. The first-order valence-corrected chi connectivity index (χ1v) is 11.9. The molecule has 1 aromatic rings. The van der Waals surface area contributed by atoms with Gasteiger partial charge in [0, 0.05) is 18.8 Å². The molecule has 28 heavy (non-hydrogen) atoms. The van der Waals surface area contributed by atoms with Crippen LogP contribution >= 0.6 is 0 Å². The second kappa shape index (κ2) is 8.93. The molecule has 156 valence electrons. The number of benzene rings is 1. The molecule has 2 saturated heterocycles. The van der Waals surface area contributed by atoms with E-state index in [0.29, 0.717) is 48.1 Å². The van der Waals surface area contributed by atoms with Gasteiger partial charge in [-0.2, -0.15) is 4.31 Å². The number of quaternary nitrogens is 1. The zero-order chi connectivity index (χ0) is 20.3. The van der Waals surface area contributed by atoms with Gasteiger partial charge in [-0.3, -0.25) is 4.79 Å². The maximum Gasteiger partial charge on any atom is 0.279 e. The Morgan fingerprint density at radius 3 is 2.36 bits per heavy atom. The Hall–Kier alpha value is -1.44. The van der Waals surface area contributed by atoms with E-state index in [1.807, 2.05) is 0 Å². The highest BCUT2D eigenvalue weighted by molar-refractivity contribution is 7.89. The lowest BCUT2D eigenvalue weighted by molar-refractivity contribution is -0.920. The lowest BCUT2D eigenvalue weighted by Gasteiger charge is -2.34. The lowest BCUT2D eigenvalue weighted by atomic mass is 9.94. The molecule has 1 amide bonds. The number of amides is 1. The smallest absolute Gasteiger partial charge is 0.279 e. The molecule has 0 radical (unpaired) electrons. The summed E-state index contributed by atoms with van der Waals surface area (Å²) in [6, 6.07) is 7.10.